The van der Waals surface area contributed by atoms with Crippen LogP contribution < -0.4 is 9.92 Å². The Morgan fingerprint density at radius 2 is 1.44 bits per heavy atom. The number of hydrogen-bond acceptors (Lipinski definition) is 3. The molecule has 0 aliphatic heterocycles. The molecule has 0 aliphatic rings. The summed E-state index contributed by atoms with van der Waals surface area (Å²) in [5.74, 6) is -0.238. The lowest BCUT2D eigenvalue weighted by Gasteiger charge is -2.44. The average Bonchev–Trinajstić information content (AvgIpc) is 2.43. The molecule has 142 valence electrons. The summed E-state index contributed by atoms with van der Waals surface area (Å²) in [6.45, 7) is 12.9. The second kappa shape index (κ2) is 8.08. The fraction of sp³-hybridized carbons (Fsp3) is 0.611. The first-order valence-electron chi connectivity index (χ1n) is 8.35. The van der Waals surface area contributed by atoms with E-state index in [4.69, 9.17) is 17.0 Å². The molecule has 0 saturated carbocycles. The van der Waals surface area contributed by atoms with Crippen molar-refractivity contribution in [3.05, 3.63) is 23.8 Å². The van der Waals surface area contributed by atoms with Crippen LogP contribution in [0.15, 0.2) is 18.2 Å². The molecule has 1 rings (SSSR count). The largest absolute Gasteiger partial charge is 0.573 e. The molecule has 1 aromatic rings. The average molecular weight is 393 g/mol. The topological polar surface area (TPSA) is 18.5 Å². The van der Waals surface area contributed by atoms with Crippen LogP contribution in [-0.4, -0.2) is 26.6 Å². The van der Waals surface area contributed by atoms with Gasteiger partial charge in [-0.05, 0) is 41.0 Å². The van der Waals surface area contributed by atoms with Crippen molar-refractivity contribution in [3.63, 3.8) is 0 Å². The highest BCUT2D eigenvalue weighted by molar-refractivity contribution is 7.80. The quantitative estimate of drug-likeness (QED) is 0.451. The van der Waals surface area contributed by atoms with Crippen LogP contribution in [0.25, 0.3) is 0 Å². The van der Waals surface area contributed by atoms with Gasteiger partial charge in [-0.2, -0.15) is 0 Å². The van der Waals surface area contributed by atoms with Crippen molar-refractivity contribution in [1.29, 1.82) is 0 Å². The van der Waals surface area contributed by atoms with E-state index in [2.05, 4.69) is 46.3 Å². The molecule has 0 bridgehead atoms. The Morgan fingerprint density at radius 1 is 0.960 bits per heavy atom. The minimum absolute atomic E-state index is 0.160. The maximum atomic E-state index is 12.8. The van der Waals surface area contributed by atoms with Gasteiger partial charge in [-0.25, -0.2) is 0 Å². The molecule has 0 aromatic heterocycles. The van der Waals surface area contributed by atoms with Gasteiger partial charge < -0.3 is 9.47 Å². The number of rotatable bonds is 6. The molecule has 1 aromatic carbocycles. The van der Waals surface area contributed by atoms with E-state index in [1.165, 1.54) is 13.2 Å². The van der Waals surface area contributed by atoms with Crippen molar-refractivity contribution >= 4 is 30.5 Å². The minimum Gasteiger partial charge on any atom is -0.486 e. The van der Waals surface area contributed by atoms with E-state index >= 15 is 0 Å². The predicted octanol–water partition coefficient (Wildman–Crippen LogP) is 5.79. The number of benzene rings is 1. The van der Waals surface area contributed by atoms with Crippen molar-refractivity contribution < 1.29 is 22.6 Å². The molecule has 0 atom stereocenters. The summed E-state index contributed by atoms with van der Waals surface area (Å²) in [5, 5.41) is 1.08. The van der Waals surface area contributed by atoms with Crippen LogP contribution in [0.3, 0.4) is 0 Å². The summed E-state index contributed by atoms with van der Waals surface area (Å²) >= 11 is 5.16. The molecule has 0 heterocycles. The van der Waals surface area contributed by atoms with Gasteiger partial charge in [-0.15, -0.1) is 13.2 Å². The summed E-state index contributed by atoms with van der Waals surface area (Å²) in [6, 6.07) is 4.73. The third kappa shape index (κ3) is 4.76. The van der Waals surface area contributed by atoms with Crippen molar-refractivity contribution in [3.8, 4) is 5.75 Å². The van der Waals surface area contributed by atoms with Gasteiger partial charge in [0.05, 0.1) is 15.2 Å². The Bertz CT molecular complexity index is 591. The van der Waals surface area contributed by atoms with E-state index in [0.29, 0.717) is 22.2 Å². The van der Waals surface area contributed by atoms with E-state index in [0.717, 1.165) is 5.19 Å². The lowest BCUT2D eigenvalue weighted by Crippen LogP contribution is -2.55. The normalized spacial score (nSPS) is 12.8. The highest BCUT2D eigenvalue weighted by Gasteiger charge is 2.45. The standard InChI is InChI=1S/C18H27F3O2SSi/c1-11(2)25(12(3)4,13(5)6)16-9-14(17(24)22-7)8-15(10-16)23-18(19,20)21/h8-13H,1-7H3. The second-order valence-electron chi connectivity index (χ2n) is 7.18. The summed E-state index contributed by atoms with van der Waals surface area (Å²) in [7, 11) is -0.749. The molecular formula is C18H27F3O2SSi. The lowest BCUT2D eigenvalue weighted by atomic mass is 10.2. The fourth-order valence-electron chi connectivity index (χ4n) is 4.28. The Labute approximate surface area is 154 Å². The summed E-state index contributed by atoms with van der Waals surface area (Å²) in [5.41, 5.74) is 1.49. The summed E-state index contributed by atoms with van der Waals surface area (Å²) < 4.78 is 47.7. The Hall–Kier alpha value is -1.08. The highest BCUT2D eigenvalue weighted by atomic mass is 32.1. The zero-order chi connectivity index (χ0) is 19.6. The van der Waals surface area contributed by atoms with Crippen molar-refractivity contribution in [2.24, 2.45) is 0 Å². The SMILES string of the molecule is COC(=S)c1cc(OC(F)(F)F)cc([Si](C(C)C)(C(C)C)C(C)C)c1. The van der Waals surface area contributed by atoms with Crippen molar-refractivity contribution in [2.75, 3.05) is 7.11 Å². The van der Waals surface area contributed by atoms with Crippen LogP contribution in [0.4, 0.5) is 13.2 Å². The molecule has 0 amide bonds. The number of alkyl halides is 3. The van der Waals surface area contributed by atoms with Gasteiger partial charge in [0, 0.05) is 5.56 Å². The Balaban J connectivity index is 3.70. The van der Waals surface area contributed by atoms with E-state index < -0.39 is 14.4 Å². The Kier molecular flexibility index (Phi) is 7.09. The zero-order valence-electron chi connectivity index (χ0n) is 15.8. The maximum Gasteiger partial charge on any atom is 0.573 e. The lowest BCUT2D eigenvalue weighted by molar-refractivity contribution is -0.274. The summed E-state index contributed by atoms with van der Waals surface area (Å²) in [4.78, 5) is 0. The van der Waals surface area contributed by atoms with E-state index in [1.807, 2.05) is 6.07 Å². The number of halogens is 3. The van der Waals surface area contributed by atoms with Gasteiger partial charge in [0.1, 0.15) is 5.75 Å². The molecule has 0 aliphatic carbocycles. The highest BCUT2D eigenvalue weighted by Crippen LogP contribution is 2.42. The molecule has 0 saturated heterocycles. The van der Waals surface area contributed by atoms with Gasteiger partial charge >= 0.3 is 6.36 Å². The van der Waals surface area contributed by atoms with E-state index in [9.17, 15) is 13.2 Å². The molecule has 0 unspecified atom stereocenters. The van der Waals surface area contributed by atoms with Crippen molar-refractivity contribution in [1.82, 2.24) is 0 Å². The molecular weight excluding hydrogens is 365 g/mol. The van der Waals surface area contributed by atoms with Crippen LogP contribution in [0.5, 0.6) is 5.75 Å². The maximum absolute atomic E-state index is 12.8. The van der Waals surface area contributed by atoms with E-state index in [-0.39, 0.29) is 10.8 Å². The minimum atomic E-state index is -4.75. The van der Waals surface area contributed by atoms with E-state index in [1.54, 1.807) is 6.07 Å². The van der Waals surface area contributed by atoms with Crippen LogP contribution >= 0.6 is 12.2 Å². The molecule has 25 heavy (non-hydrogen) atoms. The first-order chi connectivity index (χ1) is 11.4. The molecule has 0 N–H and O–H groups in total. The smallest absolute Gasteiger partial charge is 0.486 e. The second-order valence-corrected chi connectivity index (χ2v) is 13.5. The van der Waals surface area contributed by atoms with Crippen LogP contribution in [-0.2, 0) is 4.74 Å². The van der Waals surface area contributed by atoms with Gasteiger partial charge in [-0.1, -0.05) is 52.8 Å². The number of methoxy groups -OCH3 is 1. The van der Waals surface area contributed by atoms with Gasteiger partial charge in [0.15, 0.2) is 5.05 Å². The summed E-state index contributed by atoms with van der Waals surface area (Å²) in [6.07, 6.45) is -4.75. The first-order valence-corrected chi connectivity index (χ1v) is 11.0. The van der Waals surface area contributed by atoms with Gasteiger partial charge in [-0.3, -0.25) is 0 Å². The predicted molar refractivity (Wildman–Crippen MR) is 103 cm³/mol. The van der Waals surface area contributed by atoms with Crippen LogP contribution in [0, 0.1) is 0 Å². The Morgan fingerprint density at radius 3 is 1.80 bits per heavy atom. The molecule has 2 nitrogen and oxygen atoms in total. The molecule has 0 radical (unpaired) electrons. The third-order valence-corrected chi connectivity index (χ3v) is 12.4. The molecule has 0 fully saturated rings. The van der Waals surface area contributed by atoms with Crippen LogP contribution in [0.2, 0.25) is 16.6 Å². The van der Waals surface area contributed by atoms with Gasteiger partial charge in [0.25, 0.3) is 0 Å². The van der Waals surface area contributed by atoms with Crippen LogP contribution in [0.1, 0.15) is 47.1 Å². The first kappa shape index (κ1) is 22.0. The monoisotopic (exact) mass is 392 g/mol. The number of ether oxygens (including phenoxy) is 2. The van der Waals surface area contributed by atoms with Gasteiger partial charge in [0.2, 0.25) is 0 Å². The molecule has 7 heteroatoms. The fourth-order valence-corrected chi connectivity index (χ4v) is 11.2. The molecule has 0 spiro atoms. The number of thiocarbonyl (C=S) groups is 1. The van der Waals surface area contributed by atoms with Crippen molar-refractivity contribution in [2.45, 2.75) is 64.5 Å². The third-order valence-electron chi connectivity index (χ3n) is 4.93. The number of hydrogen-bond donors (Lipinski definition) is 0. The zero-order valence-corrected chi connectivity index (χ0v) is 17.6.